The summed E-state index contributed by atoms with van der Waals surface area (Å²) in [4.78, 5) is 0.145. The summed E-state index contributed by atoms with van der Waals surface area (Å²) in [7, 11) is -3.73. The first kappa shape index (κ1) is 18.3. The van der Waals surface area contributed by atoms with E-state index >= 15 is 0 Å². The molecule has 0 saturated heterocycles. The van der Waals surface area contributed by atoms with Crippen molar-refractivity contribution in [2.24, 2.45) is 0 Å². The van der Waals surface area contributed by atoms with Crippen LogP contribution in [0, 0.1) is 0 Å². The Hall–Kier alpha value is -3.02. The van der Waals surface area contributed by atoms with E-state index in [0.29, 0.717) is 22.2 Å². The second kappa shape index (κ2) is 7.54. The summed E-state index contributed by atoms with van der Waals surface area (Å²) in [5, 5.41) is 2.29. The van der Waals surface area contributed by atoms with Crippen LogP contribution in [0.2, 0.25) is 5.02 Å². The Labute approximate surface area is 168 Å². The molecule has 0 bridgehead atoms. The Bertz CT molecular complexity index is 1230. The lowest BCUT2D eigenvalue weighted by Crippen LogP contribution is -2.13. The van der Waals surface area contributed by atoms with Crippen molar-refractivity contribution < 1.29 is 13.2 Å². The molecule has 6 heteroatoms. The van der Waals surface area contributed by atoms with E-state index < -0.39 is 10.0 Å². The van der Waals surface area contributed by atoms with Gasteiger partial charge >= 0.3 is 0 Å². The van der Waals surface area contributed by atoms with Crippen LogP contribution in [-0.2, 0) is 10.0 Å². The smallest absolute Gasteiger partial charge is 0.261 e. The van der Waals surface area contributed by atoms with E-state index in [1.165, 1.54) is 12.1 Å². The standard InChI is InChI=1S/C22H16ClNO3S/c23-20-9-3-4-11-22(20)27-17-12-14-18(15-13-17)28(25,26)24-21-10-5-7-16-6-1-2-8-19(16)21/h1-15,24H. The summed E-state index contributed by atoms with van der Waals surface area (Å²) in [5.41, 5.74) is 0.537. The molecule has 0 aliphatic rings. The molecule has 0 radical (unpaired) electrons. The topological polar surface area (TPSA) is 55.4 Å². The molecule has 0 amide bonds. The van der Waals surface area contributed by atoms with Crippen LogP contribution in [0.1, 0.15) is 0 Å². The molecule has 1 N–H and O–H groups in total. The average molecular weight is 410 g/mol. The van der Waals surface area contributed by atoms with Crippen molar-refractivity contribution in [2.75, 3.05) is 4.72 Å². The van der Waals surface area contributed by atoms with E-state index in [1.54, 1.807) is 30.3 Å². The van der Waals surface area contributed by atoms with Gasteiger partial charge in [-0.15, -0.1) is 0 Å². The Kier molecular flexibility index (Phi) is 4.94. The molecule has 4 aromatic carbocycles. The molecule has 4 nitrogen and oxygen atoms in total. The van der Waals surface area contributed by atoms with Crippen LogP contribution in [0.3, 0.4) is 0 Å². The van der Waals surface area contributed by atoms with Crippen LogP contribution in [0.4, 0.5) is 5.69 Å². The zero-order valence-electron chi connectivity index (χ0n) is 14.7. The lowest BCUT2D eigenvalue weighted by molar-refractivity contribution is 0.482. The predicted octanol–water partition coefficient (Wildman–Crippen LogP) is 6.09. The number of sulfonamides is 1. The largest absolute Gasteiger partial charge is 0.456 e. The number of benzene rings is 4. The van der Waals surface area contributed by atoms with E-state index in [-0.39, 0.29) is 4.90 Å². The average Bonchev–Trinajstić information content (AvgIpc) is 2.70. The summed E-state index contributed by atoms with van der Waals surface area (Å²) in [6.07, 6.45) is 0. The third kappa shape index (κ3) is 3.81. The van der Waals surface area contributed by atoms with Crippen LogP contribution in [-0.4, -0.2) is 8.42 Å². The second-order valence-electron chi connectivity index (χ2n) is 6.14. The lowest BCUT2D eigenvalue weighted by atomic mass is 10.1. The van der Waals surface area contributed by atoms with Gasteiger partial charge in [0.1, 0.15) is 11.5 Å². The van der Waals surface area contributed by atoms with Crippen molar-refractivity contribution in [1.29, 1.82) is 0 Å². The molecule has 0 unspecified atom stereocenters. The van der Waals surface area contributed by atoms with Gasteiger partial charge < -0.3 is 4.74 Å². The number of hydrogen-bond donors (Lipinski definition) is 1. The number of ether oxygens (including phenoxy) is 1. The molecule has 4 rings (SSSR count). The van der Waals surface area contributed by atoms with Crippen LogP contribution in [0.5, 0.6) is 11.5 Å². The molecular weight excluding hydrogens is 394 g/mol. The molecule has 0 aliphatic carbocycles. The number of hydrogen-bond acceptors (Lipinski definition) is 3. The lowest BCUT2D eigenvalue weighted by Gasteiger charge is -2.12. The van der Waals surface area contributed by atoms with Gasteiger partial charge in [0.05, 0.1) is 15.6 Å². The van der Waals surface area contributed by atoms with Crippen LogP contribution < -0.4 is 9.46 Å². The van der Waals surface area contributed by atoms with Crippen LogP contribution in [0.15, 0.2) is 95.9 Å². The van der Waals surface area contributed by atoms with Crippen molar-refractivity contribution in [2.45, 2.75) is 4.90 Å². The Morgan fingerprint density at radius 1 is 0.750 bits per heavy atom. The minimum Gasteiger partial charge on any atom is -0.456 e. The molecule has 0 aromatic heterocycles. The Morgan fingerprint density at radius 3 is 2.21 bits per heavy atom. The zero-order chi connectivity index (χ0) is 19.6. The molecule has 0 aliphatic heterocycles. The van der Waals surface area contributed by atoms with Crippen molar-refractivity contribution in [3.63, 3.8) is 0 Å². The quantitative estimate of drug-likeness (QED) is 0.434. The van der Waals surface area contributed by atoms with E-state index in [9.17, 15) is 8.42 Å². The van der Waals surface area contributed by atoms with Crippen LogP contribution in [0.25, 0.3) is 10.8 Å². The van der Waals surface area contributed by atoms with Gasteiger partial charge in [-0.25, -0.2) is 8.42 Å². The van der Waals surface area contributed by atoms with Gasteiger partial charge in [-0.3, -0.25) is 4.72 Å². The zero-order valence-corrected chi connectivity index (χ0v) is 16.2. The van der Waals surface area contributed by atoms with E-state index in [1.807, 2.05) is 48.5 Å². The Balaban J connectivity index is 1.58. The molecule has 0 fully saturated rings. The predicted molar refractivity (Wildman–Crippen MR) is 113 cm³/mol. The highest BCUT2D eigenvalue weighted by Crippen LogP contribution is 2.30. The fourth-order valence-corrected chi connectivity index (χ4v) is 4.11. The summed E-state index contributed by atoms with van der Waals surface area (Å²) in [6.45, 7) is 0. The third-order valence-electron chi connectivity index (χ3n) is 4.23. The fraction of sp³-hybridized carbons (Fsp3) is 0. The van der Waals surface area contributed by atoms with E-state index in [4.69, 9.17) is 16.3 Å². The number of fused-ring (bicyclic) bond motifs is 1. The summed E-state index contributed by atoms with van der Waals surface area (Å²) < 4.78 is 34.0. The van der Waals surface area contributed by atoms with Crippen LogP contribution >= 0.6 is 11.6 Å². The van der Waals surface area contributed by atoms with Crippen molar-refractivity contribution in [1.82, 2.24) is 0 Å². The minimum absolute atomic E-state index is 0.145. The van der Waals surface area contributed by atoms with Gasteiger partial charge in [0.2, 0.25) is 0 Å². The SMILES string of the molecule is O=S(=O)(Nc1cccc2ccccc12)c1ccc(Oc2ccccc2Cl)cc1. The number of anilines is 1. The first-order valence-corrected chi connectivity index (χ1v) is 10.4. The highest BCUT2D eigenvalue weighted by molar-refractivity contribution is 7.92. The molecule has 0 heterocycles. The molecule has 0 atom stereocenters. The normalized spacial score (nSPS) is 11.3. The molecular formula is C22H16ClNO3S. The first-order valence-electron chi connectivity index (χ1n) is 8.56. The number of para-hydroxylation sites is 1. The Morgan fingerprint density at radius 2 is 1.43 bits per heavy atom. The highest BCUT2D eigenvalue weighted by Gasteiger charge is 2.16. The first-order chi connectivity index (χ1) is 13.5. The van der Waals surface area contributed by atoms with Gasteiger partial charge in [0.15, 0.2) is 0 Å². The van der Waals surface area contributed by atoms with Gasteiger partial charge in [0.25, 0.3) is 10.0 Å². The number of nitrogens with one attached hydrogen (secondary N) is 1. The van der Waals surface area contributed by atoms with E-state index in [0.717, 1.165) is 10.8 Å². The monoisotopic (exact) mass is 409 g/mol. The van der Waals surface area contributed by atoms with Gasteiger partial charge in [-0.1, -0.05) is 60.1 Å². The summed E-state index contributed by atoms with van der Waals surface area (Å²) in [6, 6.07) is 26.4. The van der Waals surface area contributed by atoms with Gasteiger partial charge in [0, 0.05) is 5.39 Å². The molecule has 0 spiro atoms. The van der Waals surface area contributed by atoms with Gasteiger partial charge in [-0.2, -0.15) is 0 Å². The van der Waals surface area contributed by atoms with Gasteiger partial charge in [-0.05, 0) is 47.9 Å². The maximum atomic E-state index is 12.8. The summed E-state index contributed by atoms with van der Waals surface area (Å²) >= 11 is 6.09. The van der Waals surface area contributed by atoms with Crippen molar-refractivity contribution in [3.8, 4) is 11.5 Å². The highest BCUT2D eigenvalue weighted by atomic mass is 35.5. The second-order valence-corrected chi connectivity index (χ2v) is 8.23. The molecule has 0 saturated carbocycles. The fourth-order valence-electron chi connectivity index (χ4n) is 2.86. The molecule has 4 aromatic rings. The number of rotatable bonds is 5. The molecule has 140 valence electrons. The van der Waals surface area contributed by atoms with Crippen molar-refractivity contribution >= 4 is 38.1 Å². The van der Waals surface area contributed by atoms with E-state index in [2.05, 4.69) is 4.72 Å². The van der Waals surface area contributed by atoms with Crippen molar-refractivity contribution in [3.05, 3.63) is 96.0 Å². The minimum atomic E-state index is -3.73. The maximum absolute atomic E-state index is 12.8. The third-order valence-corrected chi connectivity index (χ3v) is 5.93. The maximum Gasteiger partial charge on any atom is 0.261 e. The molecule has 28 heavy (non-hydrogen) atoms. The summed E-state index contributed by atoms with van der Waals surface area (Å²) in [5.74, 6) is 1.01. The number of halogens is 1.